The second kappa shape index (κ2) is 6.61. The average molecular weight is 350 g/mol. The summed E-state index contributed by atoms with van der Waals surface area (Å²) in [5.74, 6) is 1.74. The number of hydrogen-bond donors (Lipinski definition) is 0. The molecule has 0 saturated carbocycles. The number of benzene rings is 3. The van der Waals surface area contributed by atoms with Gasteiger partial charge in [-0.05, 0) is 52.8 Å². The van der Waals surface area contributed by atoms with Crippen LogP contribution in [0.5, 0.6) is 0 Å². The number of imidazole rings is 1. The van der Waals surface area contributed by atoms with Crippen molar-refractivity contribution in [2.45, 2.75) is 6.54 Å². The zero-order chi connectivity index (χ0) is 18.1. The standard InChI is InChI=1S/C24H18N2O/c1-2-11-21-18(7-1)8-5-9-19(21)17-26-23-13-4-3-12-22(23)25-24(26)15-14-20-10-6-16-27-20/h1-16H,17H2/b15-14+. The highest BCUT2D eigenvalue weighted by molar-refractivity contribution is 5.86. The van der Waals surface area contributed by atoms with E-state index in [1.807, 2.05) is 30.4 Å². The van der Waals surface area contributed by atoms with E-state index >= 15 is 0 Å². The van der Waals surface area contributed by atoms with Gasteiger partial charge in [0.1, 0.15) is 11.6 Å². The lowest BCUT2D eigenvalue weighted by atomic mass is 10.0. The molecule has 0 amide bonds. The molecule has 3 aromatic carbocycles. The molecule has 0 N–H and O–H groups in total. The van der Waals surface area contributed by atoms with Crippen molar-refractivity contribution in [3.05, 3.63) is 102 Å². The fourth-order valence-corrected chi connectivity index (χ4v) is 3.53. The SMILES string of the molecule is C(=C\c1nc2ccccc2n1Cc1cccc2ccccc12)/c1ccco1. The van der Waals surface area contributed by atoms with Crippen LogP contribution in [-0.2, 0) is 6.54 Å². The lowest BCUT2D eigenvalue weighted by molar-refractivity contribution is 0.557. The molecule has 0 unspecified atom stereocenters. The van der Waals surface area contributed by atoms with Gasteiger partial charge in [-0.15, -0.1) is 0 Å². The van der Waals surface area contributed by atoms with Gasteiger partial charge < -0.3 is 8.98 Å². The van der Waals surface area contributed by atoms with Gasteiger partial charge in [0.05, 0.1) is 23.8 Å². The van der Waals surface area contributed by atoms with E-state index in [2.05, 4.69) is 65.2 Å². The van der Waals surface area contributed by atoms with Crippen LogP contribution >= 0.6 is 0 Å². The van der Waals surface area contributed by atoms with E-state index in [1.54, 1.807) is 6.26 Å². The number of rotatable bonds is 4. The quantitative estimate of drug-likeness (QED) is 0.398. The summed E-state index contributed by atoms with van der Waals surface area (Å²) in [6, 6.07) is 27.1. The molecule has 0 atom stereocenters. The van der Waals surface area contributed by atoms with E-state index in [1.165, 1.54) is 16.3 Å². The smallest absolute Gasteiger partial charge is 0.134 e. The van der Waals surface area contributed by atoms with Crippen LogP contribution < -0.4 is 0 Å². The Morgan fingerprint density at radius 1 is 0.815 bits per heavy atom. The summed E-state index contributed by atoms with van der Waals surface area (Å²) >= 11 is 0. The number of hydrogen-bond acceptors (Lipinski definition) is 2. The molecule has 5 rings (SSSR count). The maximum atomic E-state index is 5.42. The van der Waals surface area contributed by atoms with Gasteiger partial charge in [-0.25, -0.2) is 4.98 Å². The minimum Gasteiger partial charge on any atom is -0.465 e. The first-order valence-electron chi connectivity index (χ1n) is 9.02. The Labute approximate surface area is 157 Å². The second-order valence-corrected chi connectivity index (χ2v) is 6.53. The molecule has 3 nitrogen and oxygen atoms in total. The van der Waals surface area contributed by atoms with E-state index in [0.29, 0.717) is 0 Å². The fourth-order valence-electron chi connectivity index (χ4n) is 3.53. The number of aromatic nitrogens is 2. The molecule has 3 heteroatoms. The topological polar surface area (TPSA) is 31.0 Å². The van der Waals surface area contributed by atoms with Crippen LogP contribution in [0.1, 0.15) is 17.1 Å². The molecule has 0 spiro atoms. The Bertz CT molecular complexity index is 1240. The van der Waals surface area contributed by atoms with Crippen LogP contribution in [0.25, 0.3) is 34.0 Å². The number of furan rings is 1. The lowest BCUT2D eigenvalue weighted by Crippen LogP contribution is -2.02. The Balaban J connectivity index is 1.64. The molecule has 0 aliphatic heterocycles. The maximum absolute atomic E-state index is 5.42. The third-order valence-corrected chi connectivity index (χ3v) is 4.83. The number of nitrogens with zero attached hydrogens (tertiary/aromatic N) is 2. The van der Waals surface area contributed by atoms with E-state index in [4.69, 9.17) is 9.40 Å². The zero-order valence-corrected chi connectivity index (χ0v) is 14.7. The van der Waals surface area contributed by atoms with Crippen molar-refractivity contribution < 1.29 is 4.42 Å². The number of fused-ring (bicyclic) bond motifs is 2. The van der Waals surface area contributed by atoms with Crippen LogP contribution in [0, 0.1) is 0 Å². The van der Waals surface area contributed by atoms with Crippen molar-refractivity contribution in [2.75, 3.05) is 0 Å². The third-order valence-electron chi connectivity index (χ3n) is 4.83. The first kappa shape index (κ1) is 15.6. The molecule has 0 bridgehead atoms. The second-order valence-electron chi connectivity index (χ2n) is 6.53. The van der Waals surface area contributed by atoms with Gasteiger partial charge in [0, 0.05) is 0 Å². The Morgan fingerprint density at radius 3 is 2.59 bits per heavy atom. The van der Waals surface area contributed by atoms with Crippen LogP contribution in [0.3, 0.4) is 0 Å². The maximum Gasteiger partial charge on any atom is 0.134 e. The molecule has 0 saturated heterocycles. The Hall–Kier alpha value is -3.59. The summed E-state index contributed by atoms with van der Waals surface area (Å²) in [6.45, 7) is 0.764. The van der Waals surface area contributed by atoms with Crippen LogP contribution in [0.2, 0.25) is 0 Å². The third kappa shape index (κ3) is 2.93. The molecule has 27 heavy (non-hydrogen) atoms. The van der Waals surface area contributed by atoms with Crippen LogP contribution in [0.4, 0.5) is 0 Å². The first-order valence-corrected chi connectivity index (χ1v) is 9.02. The monoisotopic (exact) mass is 350 g/mol. The summed E-state index contributed by atoms with van der Waals surface area (Å²) in [7, 11) is 0. The molecule has 130 valence electrons. The van der Waals surface area contributed by atoms with Gasteiger partial charge in [-0.2, -0.15) is 0 Å². The summed E-state index contributed by atoms with van der Waals surface area (Å²) in [5, 5.41) is 2.53. The minimum atomic E-state index is 0.764. The van der Waals surface area contributed by atoms with Gasteiger partial charge in [0.15, 0.2) is 0 Å². The molecule has 0 aliphatic rings. The van der Waals surface area contributed by atoms with Crippen molar-refractivity contribution in [3.63, 3.8) is 0 Å². The van der Waals surface area contributed by atoms with Crippen molar-refractivity contribution in [1.29, 1.82) is 0 Å². The van der Waals surface area contributed by atoms with Crippen molar-refractivity contribution in [3.8, 4) is 0 Å². The van der Waals surface area contributed by atoms with E-state index in [0.717, 1.165) is 29.2 Å². The van der Waals surface area contributed by atoms with Gasteiger partial charge in [-0.3, -0.25) is 0 Å². The van der Waals surface area contributed by atoms with Crippen molar-refractivity contribution in [1.82, 2.24) is 9.55 Å². The minimum absolute atomic E-state index is 0.764. The number of para-hydroxylation sites is 2. The van der Waals surface area contributed by atoms with Gasteiger partial charge >= 0.3 is 0 Å². The molecule has 0 aliphatic carbocycles. The first-order chi connectivity index (χ1) is 13.4. The molecular formula is C24H18N2O. The molecular weight excluding hydrogens is 332 g/mol. The van der Waals surface area contributed by atoms with E-state index < -0.39 is 0 Å². The molecule has 0 radical (unpaired) electrons. The Morgan fingerprint density at radius 2 is 1.67 bits per heavy atom. The van der Waals surface area contributed by atoms with E-state index in [-0.39, 0.29) is 0 Å². The predicted octanol–water partition coefficient (Wildman–Crippen LogP) is 6.00. The van der Waals surface area contributed by atoms with Crippen molar-refractivity contribution >= 4 is 34.0 Å². The summed E-state index contributed by atoms with van der Waals surface area (Å²) in [5.41, 5.74) is 3.41. The van der Waals surface area contributed by atoms with Gasteiger partial charge in [0.2, 0.25) is 0 Å². The van der Waals surface area contributed by atoms with Crippen molar-refractivity contribution in [2.24, 2.45) is 0 Å². The zero-order valence-electron chi connectivity index (χ0n) is 14.7. The summed E-state index contributed by atoms with van der Waals surface area (Å²) < 4.78 is 7.68. The summed E-state index contributed by atoms with van der Waals surface area (Å²) in [6.07, 6.45) is 5.66. The highest BCUT2D eigenvalue weighted by atomic mass is 16.3. The molecule has 0 fully saturated rings. The Kier molecular flexibility index (Phi) is 3.83. The van der Waals surface area contributed by atoms with E-state index in [9.17, 15) is 0 Å². The predicted molar refractivity (Wildman–Crippen MR) is 110 cm³/mol. The molecule has 2 heterocycles. The fraction of sp³-hybridized carbons (Fsp3) is 0.0417. The van der Waals surface area contributed by atoms with Gasteiger partial charge in [0.25, 0.3) is 0 Å². The largest absolute Gasteiger partial charge is 0.465 e. The average Bonchev–Trinajstić information content (AvgIpc) is 3.35. The highest BCUT2D eigenvalue weighted by Gasteiger charge is 2.10. The molecule has 5 aromatic rings. The highest BCUT2D eigenvalue weighted by Crippen LogP contribution is 2.24. The van der Waals surface area contributed by atoms with Gasteiger partial charge in [-0.1, -0.05) is 54.6 Å². The van der Waals surface area contributed by atoms with Crippen LogP contribution in [0.15, 0.2) is 89.5 Å². The van der Waals surface area contributed by atoms with Crippen LogP contribution in [-0.4, -0.2) is 9.55 Å². The normalized spacial score (nSPS) is 11.7. The summed E-state index contributed by atoms with van der Waals surface area (Å²) in [4.78, 5) is 4.82. The lowest BCUT2D eigenvalue weighted by Gasteiger charge is -2.10. The molecule has 2 aromatic heterocycles.